The molecule has 0 aliphatic carbocycles. The van der Waals surface area contributed by atoms with Gasteiger partial charge in [0, 0.05) is 10.7 Å². The number of benzene rings is 2. The second-order valence-electron chi connectivity index (χ2n) is 5.04. The first-order valence-electron chi connectivity index (χ1n) is 7.21. The zero-order valence-corrected chi connectivity index (χ0v) is 14.0. The van der Waals surface area contributed by atoms with Crippen LogP contribution in [0.2, 0.25) is 5.02 Å². The molecule has 0 aromatic heterocycles. The van der Waals surface area contributed by atoms with Crippen molar-refractivity contribution in [2.24, 2.45) is 5.10 Å². The molecule has 0 bridgehead atoms. The van der Waals surface area contributed by atoms with Crippen molar-refractivity contribution < 1.29 is 14.6 Å². The number of methoxy groups -OCH3 is 1. The van der Waals surface area contributed by atoms with E-state index in [1.54, 1.807) is 43.3 Å². The van der Waals surface area contributed by atoms with E-state index in [9.17, 15) is 9.90 Å². The standard InChI is InChI=1S/C17H18ClN3O3/c1-11(20-14-6-4-13(18)5-7-14)17(23)21-19-10-12-3-8-15(22)16(9-12)24-2/h3-11,20,22H,1-2H3,(H,21,23)/b19-10+. The van der Waals surface area contributed by atoms with Crippen LogP contribution in [0.4, 0.5) is 5.69 Å². The smallest absolute Gasteiger partial charge is 0.262 e. The summed E-state index contributed by atoms with van der Waals surface area (Å²) in [6.07, 6.45) is 1.47. The van der Waals surface area contributed by atoms with E-state index in [2.05, 4.69) is 15.8 Å². The minimum Gasteiger partial charge on any atom is -0.504 e. The highest BCUT2D eigenvalue weighted by atomic mass is 35.5. The number of hydrogen-bond acceptors (Lipinski definition) is 5. The summed E-state index contributed by atoms with van der Waals surface area (Å²) in [6, 6.07) is 11.3. The maximum Gasteiger partial charge on any atom is 0.262 e. The lowest BCUT2D eigenvalue weighted by atomic mass is 10.2. The molecule has 2 rings (SSSR count). The second-order valence-corrected chi connectivity index (χ2v) is 5.47. The van der Waals surface area contributed by atoms with Crippen LogP contribution in [0.3, 0.4) is 0 Å². The third kappa shape index (κ3) is 4.89. The van der Waals surface area contributed by atoms with Crippen molar-refractivity contribution in [1.29, 1.82) is 0 Å². The van der Waals surface area contributed by atoms with Gasteiger partial charge < -0.3 is 15.2 Å². The van der Waals surface area contributed by atoms with Gasteiger partial charge in [-0.3, -0.25) is 4.79 Å². The van der Waals surface area contributed by atoms with E-state index in [-0.39, 0.29) is 11.7 Å². The van der Waals surface area contributed by atoms with Crippen molar-refractivity contribution in [1.82, 2.24) is 5.43 Å². The molecule has 0 aliphatic rings. The largest absolute Gasteiger partial charge is 0.504 e. The average molecular weight is 348 g/mol. The lowest BCUT2D eigenvalue weighted by Gasteiger charge is -2.13. The SMILES string of the molecule is COc1cc(/C=N/NC(=O)C(C)Nc2ccc(Cl)cc2)ccc1O. The van der Waals surface area contributed by atoms with Crippen molar-refractivity contribution in [2.45, 2.75) is 13.0 Å². The average Bonchev–Trinajstić information content (AvgIpc) is 2.58. The van der Waals surface area contributed by atoms with Crippen molar-refractivity contribution in [3.8, 4) is 11.5 Å². The van der Waals surface area contributed by atoms with E-state index in [0.29, 0.717) is 16.3 Å². The molecule has 2 aromatic carbocycles. The van der Waals surface area contributed by atoms with Crippen LogP contribution in [-0.4, -0.2) is 30.4 Å². The molecule has 126 valence electrons. The molecule has 0 saturated heterocycles. The molecule has 1 atom stereocenters. The van der Waals surface area contributed by atoms with Crippen molar-refractivity contribution in [3.05, 3.63) is 53.1 Å². The van der Waals surface area contributed by atoms with Crippen LogP contribution >= 0.6 is 11.6 Å². The third-order valence-electron chi connectivity index (χ3n) is 3.21. The van der Waals surface area contributed by atoms with Gasteiger partial charge in [-0.1, -0.05) is 11.6 Å². The fourth-order valence-electron chi connectivity index (χ4n) is 1.90. The fourth-order valence-corrected chi connectivity index (χ4v) is 2.03. The Hall–Kier alpha value is -2.73. The van der Waals surface area contributed by atoms with Gasteiger partial charge in [-0.2, -0.15) is 5.10 Å². The molecule has 0 heterocycles. The Morgan fingerprint density at radius 1 is 1.29 bits per heavy atom. The Morgan fingerprint density at radius 3 is 2.67 bits per heavy atom. The predicted molar refractivity (Wildman–Crippen MR) is 94.9 cm³/mol. The lowest BCUT2D eigenvalue weighted by molar-refractivity contribution is -0.121. The second kappa shape index (κ2) is 8.21. The van der Waals surface area contributed by atoms with Crippen LogP contribution < -0.4 is 15.5 Å². The summed E-state index contributed by atoms with van der Waals surface area (Å²) < 4.78 is 5.01. The van der Waals surface area contributed by atoms with Crippen molar-refractivity contribution >= 4 is 29.4 Å². The number of rotatable bonds is 6. The van der Waals surface area contributed by atoms with Crippen LogP contribution in [0.5, 0.6) is 11.5 Å². The number of nitrogens with one attached hydrogen (secondary N) is 2. The first kappa shape index (κ1) is 17.6. The van der Waals surface area contributed by atoms with Gasteiger partial charge in [0.1, 0.15) is 6.04 Å². The van der Waals surface area contributed by atoms with Crippen LogP contribution in [0.25, 0.3) is 0 Å². The zero-order chi connectivity index (χ0) is 17.5. The van der Waals surface area contributed by atoms with E-state index >= 15 is 0 Å². The van der Waals surface area contributed by atoms with E-state index in [4.69, 9.17) is 16.3 Å². The van der Waals surface area contributed by atoms with E-state index in [0.717, 1.165) is 5.69 Å². The Kier molecular flexibility index (Phi) is 6.03. The summed E-state index contributed by atoms with van der Waals surface area (Å²) in [5, 5.41) is 17.1. The maximum absolute atomic E-state index is 12.0. The first-order chi connectivity index (χ1) is 11.5. The van der Waals surface area contributed by atoms with Crippen LogP contribution in [0.1, 0.15) is 12.5 Å². The van der Waals surface area contributed by atoms with Crippen LogP contribution in [0.15, 0.2) is 47.6 Å². The number of nitrogens with zero attached hydrogens (tertiary/aromatic N) is 1. The molecule has 0 spiro atoms. The lowest BCUT2D eigenvalue weighted by Crippen LogP contribution is -2.34. The molecule has 0 fully saturated rings. The summed E-state index contributed by atoms with van der Waals surface area (Å²) in [4.78, 5) is 12.0. The number of ether oxygens (including phenoxy) is 1. The number of phenolic OH excluding ortho intramolecular Hbond substituents is 1. The van der Waals surface area contributed by atoms with Crippen LogP contribution in [0, 0.1) is 0 Å². The number of amides is 1. The number of hydrazone groups is 1. The Morgan fingerprint density at radius 2 is 2.00 bits per heavy atom. The van der Waals surface area contributed by atoms with Crippen molar-refractivity contribution in [3.63, 3.8) is 0 Å². The summed E-state index contributed by atoms with van der Waals surface area (Å²) >= 11 is 5.82. The summed E-state index contributed by atoms with van der Waals surface area (Å²) in [6.45, 7) is 1.73. The van der Waals surface area contributed by atoms with Gasteiger partial charge in [0.25, 0.3) is 5.91 Å². The predicted octanol–water partition coefficient (Wildman–Crippen LogP) is 3.00. The van der Waals surface area contributed by atoms with Crippen molar-refractivity contribution in [2.75, 3.05) is 12.4 Å². The van der Waals surface area contributed by atoms with Gasteiger partial charge in [-0.25, -0.2) is 5.43 Å². The molecule has 1 amide bonds. The topological polar surface area (TPSA) is 83.0 Å². The van der Waals surface area contributed by atoms with Gasteiger partial charge >= 0.3 is 0 Å². The summed E-state index contributed by atoms with van der Waals surface area (Å²) in [5.74, 6) is 0.0921. The maximum atomic E-state index is 12.0. The highest BCUT2D eigenvalue weighted by Crippen LogP contribution is 2.25. The van der Waals surface area contributed by atoms with E-state index in [1.807, 2.05) is 0 Å². The van der Waals surface area contributed by atoms with Gasteiger partial charge in [0.2, 0.25) is 0 Å². The number of halogens is 1. The molecule has 3 N–H and O–H groups in total. The Bertz CT molecular complexity index is 732. The molecular weight excluding hydrogens is 330 g/mol. The zero-order valence-electron chi connectivity index (χ0n) is 13.3. The first-order valence-corrected chi connectivity index (χ1v) is 7.59. The quantitative estimate of drug-likeness (QED) is 0.554. The molecular formula is C17H18ClN3O3. The Labute approximate surface area is 145 Å². The Balaban J connectivity index is 1.90. The molecule has 6 nitrogen and oxygen atoms in total. The highest BCUT2D eigenvalue weighted by molar-refractivity contribution is 6.30. The number of carbonyl (C=O) groups is 1. The molecule has 2 aromatic rings. The number of hydrogen-bond donors (Lipinski definition) is 3. The minimum atomic E-state index is -0.474. The fraction of sp³-hybridized carbons (Fsp3) is 0.176. The van der Waals surface area contributed by atoms with Gasteiger partial charge in [0.05, 0.1) is 13.3 Å². The van der Waals surface area contributed by atoms with E-state index < -0.39 is 6.04 Å². The third-order valence-corrected chi connectivity index (χ3v) is 3.46. The number of phenols is 1. The van der Waals surface area contributed by atoms with Gasteiger partial charge in [-0.05, 0) is 55.0 Å². The molecule has 0 radical (unpaired) electrons. The number of anilines is 1. The molecule has 0 saturated carbocycles. The van der Waals surface area contributed by atoms with Crippen LogP contribution in [-0.2, 0) is 4.79 Å². The summed E-state index contributed by atoms with van der Waals surface area (Å²) in [7, 11) is 1.46. The summed E-state index contributed by atoms with van der Waals surface area (Å²) in [5.41, 5.74) is 3.92. The minimum absolute atomic E-state index is 0.0412. The van der Waals surface area contributed by atoms with Gasteiger partial charge in [0.15, 0.2) is 11.5 Å². The van der Waals surface area contributed by atoms with Gasteiger partial charge in [-0.15, -0.1) is 0 Å². The van der Waals surface area contributed by atoms with E-state index in [1.165, 1.54) is 19.4 Å². The number of aromatic hydroxyl groups is 1. The normalized spacial score (nSPS) is 12.0. The molecule has 24 heavy (non-hydrogen) atoms. The molecule has 7 heteroatoms. The monoisotopic (exact) mass is 347 g/mol. The number of carbonyl (C=O) groups excluding carboxylic acids is 1. The molecule has 1 unspecified atom stereocenters. The molecule has 0 aliphatic heterocycles. The highest BCUT2D eigenvalue weighted by Gasteiger charge is 2.11.